The zero-order valence-corrected chi connectivity index (χ0v) is 9.23. The van der Waals surface area contributed by atoms with Crippen molar-refractivity contribution in [2.24, 2.45) is 5.73 Å². The second-order valence-corrected chi connectivity index (χ2v) is 3.39. The smallest absolute Gasteiger partial charge is 0.203 e. The van der Waals surface area contributed by atoms with E-state index in [9.17, 15) is 0 Å². The van der Waals surface area contributed by atoms with Crippen LogP contribution in [-0.4, -0.2) is 26.9 Å². The zero-order chi connectivity index (χ0) is 11.4. The van der Waals surface area contributed by atoms with Crippen LogP contribution in [0.4, 0.5) is 0 Å². The number of rotatable bonds is 3. The summed E-state index contributed by atoms with van der Waals surface area (Å²) in [7, 11) is 1.62. The lowest BCUT2D eigenvalue weighted by Gasteiger charge is -2.20. The first-order chi connectivity index (χ1) is 7.85. The summed E-state index contributed by atoms with van der Waals surface area (Å²) in [5, 5.41) is 0. The van der Waals surface area contributed by atoms with Gasteiger partial charge in [0.05, 0.1) is 7.11 Å². The second kappa shape index (κ2) is 4.90. The van der Waals surface area contributed by atoms with Gasteiger partial charge in [0.2, 0.25) is 5.75 Å². The van der Waals surface area contributed by atoms with Gasteiger partial charge in [-0.25, -0.2) is 0 Å². The van der Waals surface area contributed by atoms with Crippen LogP contribution in [0.25, 0.3) is 6.08 Å². The molecule has 0 spiro atoms. The van der Waals surface area contributed by atoms with Gasteiger partial charge >= 0.3 is 0 Å². The molecule has 0 saturated heterocycles. The maximum Gasteiger partial charge on any atom is 0.203 e. The fourth-order valence-electron chi connectivity index (χ4n) is 1.59. The molecule has 2 rings (SSSR count). The Balaban J connectivity index is 2.39. The lowest BCUT2D eigenvalue weighted by atomic mass is 10.1. The molecule has 1 aromatic rings. The average Bonchev–Trinajstić information content (AvgIpc) is 2.35. The Kier molecular flexibility index (Phi) is 3.31. The number of ether oxygens (including phenoxy) is 3. The van der Waals surface area contributed by atoms with E-state index in [0.717, 1.165) is 11.3 Å². The normalized spacial score (nSPS) is 14.1. The molecule has 0 aromatic heterocycles. The Morgan fingerprint density at radius 3 is 2.94 bits per heavy atom. The minimum Gasteiger partial charge on any atom is -0.493 e. The summed E-state index contributed by atoms with van der Waals surface area (Å²) in [5.74, 6) is 2.09. The van der Waals surface area contributed by atoms with Crippen LogP contribution in [0.1, 0.15) is 5.56 Å². The number of hydrogen-bond donors (Lipinski definition) is 1. The SMILES string of the molecule is COc1cc(C=CCN)cc2c1OCCO2. The number of methoxy groups -OCH3 is 1. The fourth-order valence-corrected chi connectivity index (χ4v) is 1.59. The van der Waals surface area contributed by atoms with Gasteiger partial charge in [0.1, 0.15) is 13.2 Å². The third-order valence-corrected chi connectivity index (χ3v) is 2.30. The molecule has 0 bridgehead atoms. The first kappa shape index (κ1) is 10.8. The highest BCUT2D eigenvalue weighted by atomic mass is 16.6. The van der Waals surface area contributed by atoms with Gasteiger partial charge in [0.25, 0.3) is 0 Å². The van der Waals surface area contributed by atoms with Crippen molar-refractivity contribution in [1.82, 2.24) is 0 Å². The average molecular weight is 221 g/mol. The van der Waals surface area contributed by atoms with Crippen molar-refractivity contribution in [2.45, 2.75) is 0 Å². The molecular weight excluding hydrogens is 206 g/mol. The minimum absolute atomic E-state index is 0.511. The lowest BCUT2D eigenvalue weighted by Crippen LogP contribution is -2.16. The van der Waals surface area contributed by atoms with Crippen LogP contribution >= 0.6 is 0 Å². The number of hydrogen-bond acceptors (Lipinski definition) is 4. The quantitative estimate of drug-likeness (QED) is 0.839. The summed E-state index contributed by atoms with van der Waals surface area (Å²) in [4.78, 5) is 0. The van der Waals surface area contributed by atoms with Crippen LogP contribution in [0.5, 0.6) is 17.2 Å². The molecule has 1 heterocycles. The van der Waals surface area contributed by atoms with Crippen molar-refractivity contribution in [1.29, 1.82) is 0 Å². The summed E-state index contributed by atoms with van der Waals surface area (Å²) in [5.41, 5.74) is 6.40. The molecule has 1 aliphatic rings. The van der Waals surface area contributed by atoms with Crippen molar-refractivity contribution in [2.75, 3.05) is 26.9 Å². The molecule has 0 aliphatic carbocycles. The van der Waals surface area contributed by atoms with Gasteiger partial charge in [-0.2, -0.15) is 0 Å². The largest absolute Gasteiger partial charge is 0.493 e. The number of benzene rings is 1. The van der Waals surface area contributed by atoms with Crippen molar-refractivity contribution in [3.63, 3.8) is 0 Å². The fraction of sp³-hybridized carbons (Fsp3) is 0.333. The van der Waals surface area contributed by atoms with Crippen molar-refractivity contribution >= 4 is 6.08 Å². The number of nitrogens with two attached hydrogens (primary N) is 1. The summed E-state index contributed by atoms with van der Waals surface area (Å²) < 4.78 is 16.3. The molecule has 0 amide bonds. The Labute approximate surface area is 94.6 Å². The predicted octanol–water partition coefficient (Wildman–Crippen LogP) is 1.44. The van der Waals surface area contributed by atoms with Gasteiger partial charge in [0, 0.05) is 6.54 Å². The van der Waals surface area contributed by atoms with Crippen LogP contribution in [-0.2, 0) is 0 Å². The van der Waals surface area contributed by atoms with E-state index in [4.69, 9.17) is 19.9 Å². The van der Waals surface area contributed by atoms with Gasteiger partial charge in [-0.3, -0.25) is 0 Å². The Morgan fingerprint density at radius 1 is 1.38 bits per heavy atom. The van der Waals surface area contributed by atoms with Crippen molar-refractivity contribution in [3.05, 3.63) is 23.8 Å². The lowest BCUT2D eigenvalue weighted by molar-refractivity contribution is 0.165. The summed E-state index contributed by atoms with van der Waals surface area (Å²) in [6, 6.07) is 3.82. The molecule has 1 aromatic carbocycles. The van der Waals surface area contributed by atoms with E-state index in [2.05, 4.69) is 0 Å². The van der Waals surface area contributed by atoms with E-state index in [1.165, 1.54) is 0 Å². The molecule has 4 heteroatoms. The van der Waals surface area contributed by atoms with E-state index in [1.807, 2.05) is 24.3 Å². The molecular formula is C12H15NO3. The molecule has 0 radical (unpaired) electrons. The van der Waals surface area contributed by atoms with Crippen LogP contribution < -0.4 is 19.9 Å². The summed E-state index contributed by atoms with van der Waals surface area (Å²) in [6.45, 7) is 1.64. The first-order valence-electron chi connectivity index (χ1n) is 5.19. The van der Waals surface area contributed by atoms with Crippen molar-refractivity contribution < 1.29 is 14.2 Å². The molecule has 1 aliphatic heterocycles. The van der Waals surface area contributed by atoms with Crippen LogP contribution in [0.2, 0.25) is 0 Å². The Morgan fingerprint density at radius 2 is 2.19 bits per heavy atom. The molecule has 0 fully saturated rings. The summed E-state index contributed by atoms with van der Waals surface area (Å²) >= 11 is 0. The molecule has 2 N–H and O–H groups in total. The van der Waals surface area contributed by atoms with Crippen molar-refractivity contribution in [3.8, 4) is 17.2 Å². The minimum atomic E-state index is 0.511. The molecule has 86 valence electrons. The van der Waals surface area contributed by atoms with Gasteiger partial charge < -0.3 is 19.9 Å². The monoisotopic (exact) mass is 221 g/mol. The van der Waals surface area contributed by atoms with Gasteiger partial charge in [0.15, 0.2) is 11.5 Å². The zero-order valence-electron chi connectivity index (χ0n) is 9.23. The van der Waals surface area contributed by atoms with E-state index >= 15 is 0 Å². The van der Waals surface area contributed by atoms with E-state index in [1.54, 1.807) is 7.11 Å². The molecule has 4 nitrogen and oxygen atoms in total. The standard InChI is InChI=1S/C12H15NO3/c1-14-10-7-9(3-2-4-13)8-11-12(10)16-6-5-15-11/h2-3,7-8H,4-6,13H2,1H3. The van der Waals surface area contributed by atoms with Crippen LogP contribution in [0, 0.1) is 0 Å². The van der Waals surface area contributed by atoms with E-state index in [-0.39, 0.29) is 0 Å². The van der Waals surface area contributed by atoms with Crippen LogP contribution in [0.3, 0.4) is 0 Å². The third kappa shape index (κ3) is 2.12. The van der Waals surface area contributed by atoms with Gasteiger partial charge in [-0.15, -0.1) is 0 Å². The molecule has 0 atom stereocenters. The highest BCUT2D eigenvalue weighted by Gasteiger charge is 2.17. The second-order valence-electron chi connectivity index (χ2n) is 3.39. The molecule has 16 heavy (non-hydrogen) atoms. The molecule has 0 unspecified atom stereocenters. The maximum atomic E-state index is 5.52. The first-order valence-corrected chi connectivity index (χ1v) is 5.19. The highest BCUT2D eigenvalue weighted by molar-refractivity contribution is 5.62. The third-order valence-electron chi connectivity index (χ3n) is 2.30. The Bertz CT molecular complexity index is 384. The van der Waals surface area contributed by atoms with Gasteiger partial charge in [-0.05, 0) is 17.7 Å². The van der Waals surface area contributed by atoms with E-state index in [0.29, 0.717) is 31.3 Å². The van der Waals surface area contributed by atoms with Crippen LogP contribution in [0.15, 0.2) is 18.2 Å². The number of fused-ring (bicyclic) bond motifs is 1. The van der Waals surface area contributed by atoms with Gasteiger partial charge in [-0.1, -0.05) is 12.2 Å². The maximum absolute atomic E-state index is 5.52. The predicted molar refractivity (Wildman–Crippen MR) is 62.1 cm³/mol. The Hall–Kier alpha value is -1.68. The molecule has 0 saturated carbocycles. The van der Waals surface area contributed by atoms with E-state index < -0.39 is 0 Å². The summed E-state index contributed by atoms with van der Waals surface area (Å²) in [6.07, 6.45) is 3.81. The topological polar surface area (TPSA) is 53.7 Å². The highest BCUT2D eigenvalue weighted by Crippen LogP contribution is 2.40.